The van der Waals surface area contributed by atoms with Crippen molar-refractivity contribution in [3.8, 4) is 5.75 Å². The molecule has 34 heavy (non-hydrogen) atoms. The predicted molar refractivity (Wildman–Crippen MR) is 135 cm³/mol. The van der Waals surface area contributed by atoms with Gasteiger partial charge in [-0.3, -0.25) is 0 Å². The SMILES string of the molecule is COc1ccc(/C(=C(\O)C(=O)OC(C)(C)C)N(Cc2ccccc2)C(C)c2ccccc2)cc1. The van der Waals surface area contributed by atoms with Gasteiger partial charge >= 0.3 is 5.97 Å². The van der Waals surface area contributed by atoms with Gasteiger partial charge in [0.2, 0.25) is 5.76 Å². The number of nitrogens with zero attached hydrogens (tertiary/aromatic N) is 1. The van der Waals surface area contributed by atoms with Crippen molar-refractivity contribution in [1.29, 1.82) is 0 Å². The molecule has 0 aromatic heterocycles. The lowest BCUT2D eigenvalue weighted by Crippen LogP contribution is -2.30. The van der Waals surface area contributed by atoms with Gasteiger partial charge in [-0.25, -0.2) is 4.79 Å². The molecule has 1 N–H and O–H groups in total. The number of ether oxygens (including phenoxy) is 2. The zero-order valence-corrected chi connectivity index (χ0v) is 20.5. The minimum absolute atomic E-state index is 0.150. The van der Waals surface area contributed by atoms with Crippen LogP contribution in [0.1, 0.15) is 50.4 Å². The van der Waals surface area contributed by atoms with E-state index >= 15 is 0 Å². The number of benzene rings is 3. The molecule has 0 aliphatic carbocycles. The van der Waals surface area contributed by atoms with Crippen molar-refractivity contribution in [3.63, 3.8) is 0 Å². The van der Waals surface area contributed by atoms with Gasteiger partial charge in [-0.1, -0.05) is 60.7 Å². The maximum atomic E-state index is 13.0. The van der Waals surface area contributed by atoms with Crippen LogP contribution < -0.4 is 4.74 Å². The lowest BCUT2D eigenvalue weighted by molar-refractivity contribution is -0.153. The van der Waals surface area contributed by atoms with E-state index in [4.69, 9.17) is 9.47 Å². The molecule has 0 radical (unpaired) electrons. The Morgan fingerprint density at radius 3 is 2.00 bits per heavy atom. The number of aliphatic hydroxyl groups is 1. The van der Waals surface area contributed by atoms with Crippen molar-refractivity contribution in [3.05, 3.63) is 107 Å². The second-order valence-corrected chi connectivity index (χ2v) is 9.13. The maximum absolute atomic E-state index is 13.0. The van der Waals surface area contributed by atoms with Gasteiger partial charge in [0, 0.05) is 12.1 Å². The van der Waals surface area contributed by atoms with E-state index in [1.54, 1.807) is 27.9 Å². The Morgan fingerprint density at radius 2 is 1.47 bits per heavy atom. The third-order valence-corrected chi connectivity index (χ3v) is 5.41. The van der Waals surface area contributed by atoms with Crippen molar-refractivity contribution < 1.29 is 19.4 Å². The van der Waals surface area contributed by atoms with Crippen LogP contribution >= 0.6 is 0 Å². The van der Waals surface area contributed by atoms with E-state index in [0.29, 0.717) is 23.6 Å². The first kappa shape index (κ1) is 24.9. The second kappa shape index (κ2) is 10.9. The van der Waals surface area contributed by atoms with Crippen LogP contribution in [0.4, 0.5) is 0 Å². The number of hydrogen-bond donors (Lipinski definition) is 1. The molecule has 3 aromatic rings. The standard InChI is InChI=1S/C29H33NO4/c1-21(23-14-10-7-11-15-23)30(20-22-12-8-6-9-13-22)26(24-16-18-25(33-5)19-17-24)27(31)28(32)34-29(2,3)4/h6-19,21,31H,20H2,1-5H3/b27-26+. The third kappa shape index (κ3) is 6.41. The number of aliphatic hydroxyl groups excluding tert-OH is 1. The first-order valence-corrected chi connectivity index (χ1v) is 11.4. The van der Waals surface area contributed by atoms with Crippen LogP contribution in [0.15, 0.2) is 90.7 Å². The highest BCUT2D eigenvalue weighted by Crippen LogP contribution is 2.34. The summed E-state index contributed by atoms with van der Waals surface area (Å²) in [5.41, 5.74) is 2.44. The van der Waals surface area contributed by atoms with Crippen LogP contribution in [0, 0.1) is 0 Å². The fourth-order valence-electron chi connectivity index (χ4n) is 3.71. The maximum Gasteiger partial charge on any atom is 0.376 e. The van der Waals surface area contributed by atoms with Gasteiger partial charge in [-0.05, 0) is 63.1 Å². The van der Waals surface area contributed by atoms with Crippen LogP contribution in [0.25, 0.3) is 5.70 Å². The zero-order valence-electron chi connectivity index (χ0n) is 20.5. The smallest absolute Gasteiger partial charge is 0.376 e. The largest absolute Gasteiger partial charge is 0.500 e. The quantitative estimate of drug-likeness (QED) is 0.236. The molecule has 1 unspecified atom stereocenters. The van der Waals surface area contributed by atoms with Crippen molar-refractivity contribution >= 4 is 11.7 Å². The average Bonchev–Trinajstić information content (AvgIpc) is 2.83. The van der Waals surface area contributed by atoms with Gasteiger partial charge < -0.3 is 19.5 Å². The van der Waals surface area contributed by atoms with Gasteiger partial charge in [-0.2, -0.15) is 0 Å². The summed E-state index contributed by atoms with van der Waals surface area (Å²) in [5.74, 6) is -0.513. The van der Waals surface area contributed by atoms with E-state index in [1.165, 1.54) is 0 Å². The van der Waals surface area contributed by atoms with E-state index < -0.39 is 17.3 Å². The first-order valence-electron chi connectivity index (χ1n) is 11.4. The van der Waals surface area contributed by atoms with Crippen molar-refractivity contribution in [2.75, 3.05) is 7.11 Å². The molecule has 0 bridgehead atoms. The van der Waals surface area contributed by atoms with E-state index in [0.717, 1.165) is 11.1 Å². The normalized spacial score (nSPS) is 13.0. The Hall–Kier alpha value is -3.73. The van der Waals surface area contributed by atoms with E-state index in [1.807, 2.05) is 89.8 Å². The number of carbonyl (C=O) groups excluding carboxylic acids is 1. The molecule has 178 valence electrons. The summed E-state index contributed by atoms with van der Waals surface area (Å²) in [4.78, 5) is 15.1. The number of carbonyl (C=O) groups is 1. The third-order valence-electron chi connectivity index (χ3n) is 5.41. The fourth-order valence-corrected chi connectivity index (χ4v) is 3.71. The molecule has 0 saturated carbocycles. The predicted octanol–water partition coefficient (Wildman–Crippen LogP) is 6.53. The molecular weight excluding hydrogens is 426 g/mol. The molecule has 0 aliphatic heterocycles. The Labute approximate surface area is 202 Å². The van der Waals surface area contributed by atoms with Gasteiger partial charge in [0.1, 0.15) is 11.4 Å². The Bertz CT molecular complexity index is 1100. The molecule has 3 aromatic carbocycles. The highest BCUT2D eigenvalue weighted by Gasteiger charge is 2.29. The number of esters is 1. The van der Waals surface area contributed by atoms with E-state index in [-0.39, 0.29) is 6.04 Å². The first-order chi connectivity index (χ1) is 16.2. The summed E-state index contributed by atoms with van der Waals surface area (Å²) in [7, 11) is 1.60. The molecule has 0 heterocycles. The summed E-state index contributed by atoms with van der Waals surface area (Å²) >= 11 is 0. The molecule has 0 amide bonds. The Morgan fingerprint density at radius 1 is 0.912 bits per heavy atom. The Kier molecular flexibility index (Phi) is 8.00. The van der Waals surface area contributed by atoms with Gasteiger partial charge in [0.05, 0.1) is 18.8 Å². The average molecular weight is 460 g/mol. The van der Waals surface area contributed by atoms with Crippen molar-refractivity contribution in [2.24, 2.45) is 0 Å². The summed E-state index contributed by atoms with van der Waals surface area (Å²) in [6, 6.07) is 27.1. The van der Waals surface area contributed by atoms with Crippen LogP contribution in [-0.2, 0) is 16.1 Å². The monoisotopic (exact) mass is 459 g/mol. The van der Waals surface area contributed by atoms with Gasteiger partial charge in [0.15, 0.2) is 0 Å². The Balaban J connectivity index is 2.18. The molecule has 0 aliphatic rings. The van der Waals surface area contributed by atoms with Gasteiger partial charge in [0.25, 0.3) is 0 Å². The highest BCUT2D eigenvalue weighted by atomic mass is 16.6. The lowest BCUT2D eigenvalue weighted by Gasteiger charge is -2.35. The summed E-state index contributed by atoms with van der Waals surface area (Å²) < 4.78 is 10.8. The number of methoxy groups -OCH3 is 1. The summed E-state index contributed by atoms with van der Waals surface area (Å²) in [5, 5.41) is 11.3. The van der Waals surface area contributed by atoms with Crippen molar-refractivity contribution in [2.45, 2.75) is 45.9 Å². The van der Waals surface area contributed by atoms with Crippen LogP contribution in [0.2, 0.25) is 0 Å². The molecule has 1 atom stereocenters. The summed E-state index contributed by atoms with van der Waals surface area (Å²) in [6.07, 6.45) is 0. The fraction of sp³-hybridized carbons (Fsp3) is 0.276. The van der Waals surface area contributed by atoms with Crippen LogP contribution in [0.3, 0.4) is 0 Å². The molecule has 0 spiro atoms. The van der Waals surface area contributed by atoms with Gasteiger partial charge in [-0.15, -0.1) is 0 Å². The minimum atomic E-state index is -0.767. The number of rotatable bonds is 8. The molecular formula is C29H33NO4. The topological polar surface area (TPSA) is 59.0 Å². The van der Waals surface area contributed by atoms with Crippen LogP contribution in [0.5, 0.6) is 5.75 Å². The molecule has 3 rings (SSSR count). The summed E-state index contributed by atoms with van der Waals surface area (Å²) in [6.45, 7) is 7.87. The molecule has 0 fully saturated rings. The zero-order chi connectivity index (χ0) is 24.7. The molecule has 5 heteroatoms. The second-order valence-electron chi connectivity index (χ2n) is 9.13. The van der Waals surface area contributed by atoms with E-state index in [9.17, 15) is 9.90 Å². The minimum Gasteiger partial charge on any atom is -0.500 e. The molecule has 0 saturated heterocycles. The molecule has 5 nitrogen and oxygen atoms in total. The number of hydrogen-bond acceptors (Lipinski definition) is 5. The van der Waals surface area contributed by atoms with Crippen molar-refractivity contribution in [1.82, 2.24) is 4.90 Å². The highest BCUT2D eigenvalue weighted by molar-refractivity contribution is 5.95. The van der Waals surface area contributed by atoms with E-state index in [2.05, 4.69) is 6.92 Å². The lowest BCUT2D eigenvalue weighted by atomic mass is 10.0. The van der Waals surface area contributed by atoms with Crippen LogP contribution in [-0.4, -0.2) is 28.7 Å².